The number of carbonyl (C=O) groups is 2. The largest absolute Gasteiger partial charge is 0.309 e. The first kappa shape index (κ1) is 27.0. The Bertz CT molecular complexity index is 2870. The van der Waals surface area contributed by atoms with Crippen molar-refractivity contribution in [1.29, 1.82) is 0 Å². The van der Waals surface area contributed by atoms with Gasteiger partial charge in [0.1, 0.15) is 15.7 Å². The van der Waals surface area contributed by atoms with Crippen LogP contribution in [0.25, 0.3) is 76.2 Å². The van der Waals surface area contributed by atoms with E-state index in [9.17, 15) is 9.59 Å². The molecule has 4 heterocycles. The van der Waals surface area contributed by atoms with Crippen molar-refractivity contribution in [1.82, 2.24) is 8.80 Å². The van der Waals surface area contributed by atoms with Gasteiger partial charge < -0.3 is 8.80 Å². The molecule has 0 aliphatic heterocycles. The number of rotatable bonds is 0. The van der Waals surface area contributed by atoms with Gasteiger partial charge in [-0.2, -0.15) is 0 Å². The van der Waals surface area contributed by atoms with Crippen LogP contribution in [-0.4, -0.2) is 36.1 Å². The van der Waals surface area contributed by atoms with Crippen molar-refractivity contribution in [2.24, 2.45) is 11.8 Å². The average molecular weight is 640 g/mol. The van der Waals surface area contributed by atoms with Crippen molar-refractivity contribution < 1.29 is 9.59 Å². The highest BCUT2D eigenvalue weighted by atomic mass is 16.1. The standard InChI is InChI=1S/C44H30B2N2O2/c45-37-38(46)42-36(26-6-2-4-24-30-16-28-20-9-13-22(14-10-20)44(50)32(28)18-34(30)48(42)40(24)26)35-25-5-1-3-23-29-15-27-19-7-11-21(12-8-19)43(49)31(27)17-33(29)47(39(23)25)41(35)37/h1-6,15-22H,7-14H2. The second kappa shape index (κ2) is 8.72. The van der Waals surface area contributed by atoms with Crippen LogP contribution in [-0.2, 0) is 0 Å². The van der Waals surface area contributed by atoms with Gasteiger partial charge in [0, 0.05) is 77.1 Å². The maximum atomic E-state index is 13.9. The van der Waals surface area contributed by atoms with Crippen LogP contribution < -0.4 is 10.9 Å². The number of para-hydroxylation sites is 2. The van der Waals surface area contributed by atoms with Crippen LogP contribution in [0.5, 0.6) is 0 Å². The number of ketones is 2. The number of carbonyl (C=O) groups excluding carboxylic acids is 2. The van der Waals surface area contributed by atoms with E-state index in [0.717, 1.165) is 117 Å². The number of aromatic nitrogens is 2. The fourth-order valence-corrected chi connectivity index (χ4v) is 11.7. The van der Waals surface area contributed by atoms with Gasteiger partial charge in [-0.15, -0.1) is 0 Å². The minimum absolute atomic E-state index is 0.130. The summed E-state index contributed by atoms with van der Waals surface area (Å²) < 4.78 is 4.61. The third-order valence-corrected chi connectivity index (χ3v) is 14.0. The molecule has 2 saturated carbocycles. The fraction of sp³-hybridized carbons (Fsp3) is 0.273. The Morgan fingerprint density at radius 1 is 0.460 bits per heavy atom. The molecule has 0 atom stereocenters. The molecule has 2 fully saturated rings. The molecule has 0 unspecified atom stereocenters. The number of fused-ring (bicyclic) bond motifs is 17. The van der Waals surface area contributed by atoms with E-state index in [2.05, 4.69) is 69.5 Å². The number of hydrogen-bond acceptors (Lipinski definition) is 2. The van der Waals surface area contributed by atoms with Crippen LogP contribution in [0.2, 0.25) is 0 Å². The molecule has 4 aromatic heterocycles. The summed E-state index contributed by atoms with van der Waals surface area (Å²) in [6.45, 7) is 0. The maximum Gasteiger partial charge on any atom is 0.166 e. The lowest BCUT2D eigenvalue weighted by atomic mass is 9.77. The Labute approximate surface area is 289 Å². The zero-order valence-corrected chi connectivity index (χ0v) is 27.6. The zero-order chi connectivity index (χ0) is 32.9. The predicted molar refractivity (Wildman–Crippen MR) is 205 cm³/mol. The van der Waals surface area contributed by atoms with Gasteiger partial charge in [0.15, 0.2) is 11.6 Å². The van der Waals surface area contributed by atoms with Crippen LogP contribution >= 0.6 is 0 Å². The lowest BCUT2D eigenvalue weighted by Gasteiger charge is -2.22. The monoisotopic (exact) mass is 640 g/mol. The van der Waals surface area contributed by atoms with E-state index in [-0.39, 0.29) is 11.8 Å². The van der Waals surface area contributed by atoms with Crippen LogP contribution in [0.1, 0.15) is 95.0 Å². The SMILES string of the molecule is [B]c1c([B])c2c(c3cccc4c5cc6c(cc5n2c43)C(=O)C2CCC6CC2)c2c3cccc4c5cc6c(cc5n(c12)c43)C(=O)C1CCC6CC1. The summed E-state index contributed by atoms with van der Waals surface area (Å²) >= 11 is 0. The van der Waals surface area contributed by atoms with Crippen molar-refractivity contribution >= 4 is 114 Å². The smallest absolute Gasteiger partial charge is 0.166 e. The highest BCUT2D eigenvalue weighted by Crippen LogP contribution is 2.50. The number of nitrogens with zero attached hydrogens (tertiary/aromatic N) is 2. The van der Waals surface area contributed by atoms with Crippen molar-refractivity contribution in [3.05, 3.63) is 82.9 Å². The molecule has 4 nitrogen and oxygen atoms in total. The van der Waals surface area contributed by atoms with E-state index in [1.807, 2.05) is 0 Å². The number of benzene rings is 5. The van der Waals surface area contributed by atoms with Gasteiger partial charge in [0.25, 0.3) is 0 Å². The molecule has 6 aliphatic carbocycles. The first-order valence-corrected chi connectivity index (χ1v) is 18.5. The van der Waals surface area contributed by atoms with E-state index in [1.54, 1.807) is 0 Å². The van der Waals surface area contributed by atoms with Crippen molar-refractivity contribution in [2.75, 3.05) is 0 Å². The molecule has 6 heteroatoms. The van der Waals surface area contributed by atoms with E-state index in [1.165, 1.54) is 32.7 Å². The Hall–Kier alpha value is -4.83. The summed E-state index contributed by atoms with van der Waals surface area (Å²) in [5, 5.41) is 9.23. The molecular formula is C44H30B2N2O2. The Balaban J connectivity index is 1.21. The van der Waals surface area contributed by atoms with Gasteiger partial charge in [-0.05, 0) is 98.6 Å². The summed E-state index contributed by atoms with van der Waals surface area (Å²) in [4.78, 5) is 27.8. The third kappa shape index (κ3) is 2.88. The van der Waals surface area contributed by atoms with Gasteiger partial charge in [-0.1, -0.05) is 47.3 Å². The third-order valence-electron chi connectivity index (χ3n) is 14.0. The second-order valence-corrected chi connectivity index (χ2v) is 16.1. The van der Waals surface area contributed by atoms with Crippen LogP contribution in [0.4, 0.5) is 0 Å². The van der Waals surface area contributed by atoms with E-state index in [0.29, 0.717) is 34.3 Å². The molecule has 0 amide bonds. The van der Waals surface area contributed by atoms with Crippen LogP contribution in [0.15, 0.2) is 60.7 Å². The Morgan fingerprint density at radius 2 is 0.840 bits per heavy atom. The number of Topliss-reactive ketones (excluding diaryl/α,β-unsaturated/α-hetero) is 2. The molecule has 0 spiro atoms. The lowest BCUT2D eigenvalue weighted by molar-refractivity contribution is 0.0891. The molecule has 6 aliphatic rings. The molecule has 234 valence electrons. The quantitative estimate of drug-likeness (QED) is 0.156. The van der Waals surface area contributed by atoms with Crippen LogP contribution in [0, 0.1) is 11.8 Å². The topological polar surface area (TPSA) is 43.0 Å². The molecule has 50 heavy (non-hydrogen) atoms. The predicted octanol–water partition coefficient (Wildman–Crippen LogP) is 8.51. The fourth-order valence-electron chi connectivity index (χ4n) is 11.7. The lowest BCUT2D eigenvalue weighted by Crippen LogP contribution is -2.28. The molecule has 0 N–H and O–H groups in total. The highest BCUT2D eigenvalue weighted by Gasteiger charge is 2.38. The first-order valence-electron chi connectivity index (χ1n) is 18.5. The Morgan fingerprint density at radius 3 is 1.26 bits per heavy atom. The summed E-state index contributed by atoms with van der Waals surface area (Å²) in [6.07, 6.45) is 8.34. The molecule has 0 saturated heterocycles. The molecule has 5 aromatic carbocycles. The van der Waals surface area contributed by atoms with Crippen LogP contribution in [0.3, 0.4) is 0 Å². The van der Waals surface area contributed by atoms with E-state index in [4.69, 9.17) is 15.7 Å². The minimum Gasteiger partial charge on any atom is -0.309 e. The first-order chi connectivity index (χ1) is 24.5. The molecule has 15 rings (SSSR count). The number of hydrogen-bond donors (Lipinski definition) is 0. The van der Waals surface area contributed by atoms with E-state index >= 15 is 0 Å². The average Bonchev–Trinajstić information content (AvgIpc) is 3.79. The highest BCUT2D eigenvalue weighted by molar-refractivity contribution is 6.59. The van der Waals surface area contributed by atoms with Gasteiger partial charge in [-0.25, -0.2) is 0 Å². The second-order valence-electron chi connectivity index (χ2n) is 16.1. The van der Waals surface area contributed by atoms with Gasteiger partial charge in [0.2, 0.25) is 0 Å². The van der Waals surface area contributed by atoms with Gasteiger partial charge >= 0.3 is 0 Å². The summed E-state index contributed by atoms with van der Waals surface area (Å²) in [5.41, 5.74) is 11.5. The Kier molecular flexibility index (Phi) is 4.70. The normalized spacial score (nSPS) is 23.6. The molecule has 4 bridgehead atoms. The van der Waals surface area contributed by atoms with Crippen molar-refractivity contribution in [3.63, 3.8) is 0 Å². The molecule has 9 aromatic rings. The van der Waals surface area contributed by atoms with E-state index < -0.39 is 0 Å². The van der Waals surface area contributed by atoms with Crippen molar-refractivity contribution in [3.8, 4) is 0 Å². The molecular weight excluding hydrogens is 610 g/mol. The maximum absolute atomic E-state index is 13.9. The summed E-state index contributed by atoms with van der Waals surface area (Å²) in [6, 6.07) is 22.2. The van der Waals surface area contributed by atoms with Gasteiger partial charge in [0.05, 0.1) is 22.1 Å². The summed E-state index contributed by atoms with van der Waals surface area (Å²) in [7, 11) is 14.5. The summed E-state index contributed by atoms with van der Waals surface area (Å²) in [5.74, 6) is 1.77. The zero-order valence-electron chi connectivity index (χ0n) is 27.6. The van der Waals surface area contributed by atoms with Gasteiger partial charge in [-0.3, -0.25) is 9.59 Å². The van der Waals surface area contributed by atoms with Crippen molar-refractivity contribution in [2.45, 2.75) is 63.2 Å². The molecule has 4 radical (unpaired) electrons. The minimum atomic E-state index is 0.130.